The summed E-state index contributed by atoms with van der Waals surface area (Å²) in [6.07, 6.45) is -0.0402. The zero-order chi connectivity index (χ0) is 16.9. The lowest BCUT2D eigenvalue weighted by atomic mass is 10.2. The van der Waals surface area contributed by atoms with Crippen molar-refractivity contribution in [2.24, 2.45) is 0 Å². The maximum Gasteiger partial charge on any atom is 0.228 e. The molecule has 0 aliphatic carbocycles. The molecule has 0 aromatic carbocycles. The molecule has 9 nitrogen and oxygen atoms in total. The minimum absolute atomic E-state index is 0.0420. The number of morpholine rings is 1. The molecule has 0 saturated carbocycles. The molecule has 2 aromatic heterocycles. The van der Waals surface area contributed by atoms with Crippen LogP contribution < -0.4 is 0 Å². The fourth-order valence-corrected chi connectivity index (χ4v) is 3.05. The molecule has 1 aliphatic heterocycles. The minimum Gasteiger partial charge on any atom is -0.383 e. The zero-order valence-corrected chi connectivity index (χ0v) is 14.5. The van der Waals surface area contributed by atoms with Gasteiger partial charge in [0.1, 0.15) is 6.10 Å². The van der Waals surface area contributed by atoms with E-state index in [2.05, 4.69) is 20.4 Å². The third-order valence-electron chi connectivity index (χ3n) is 3.67. The van der Waals surface area contributed by atoms with Crippen molar-refractivity contribution in [2.45, 2.75) is 26.0 Å². The van der Waals surface area contributed by atoms with Gasteiger partial charge in [-0.2, -0.15) is 4.80 Å². The van der Waals surface area contributed by atoms with Gasteiger partial charge in [-0.1, -0.05) is 0 Å². The van der Waals surface area contributed by atoms with Crippen molar-refractivity contribution in [3.63, 3.8) is 0 Å². The van der Waals surface area contributed by atoms with Gasteiger partial charge in [0.15, 0.2) is 0 Å². The standard InChI is InChI=1S/C14H20N6O3S/c1-10-15-11(9-24-10)7-13(21)19-3-6-23-12(8-19)14-16-18-20(17-14)4-5-22-2/h9,12H,3-8H2,1-2H3/t12-/m1/s1. The number of tetrazole rings is 1. The normalized spacial score (nSPS) is 18.1. The summed E-state index contributed by atoms with van der Waals surface area (Å²) in [4.78, 5) is 20.1. The van der Waals surface area contributed by atoms with Crippen molar-refractivity contribution < 1.29 is 14.3 Å². The van der Waals surface area contributed by atoms with Gasteiger partial charge < -0.3 is 14.4 Å². The van der Waals surface area contributed by atoms with Gasteiger partial charge in [-0.05, 0) is 12.1 Å². The Balaban J connectivity index is 1.59. The Morgan fingerprint density at radius 3 is 3.17 bits per heavy atom. The summed E-state index contributed by atoms with van der Waals surface area (Å²) < 4.78 is 10.7. The topological polar surface area (TPSA) is 95.3 Å². The summed E-state index contributed by atoms with van der Waals surface area (Å²) in [6.45, 7) is 4.43. The van der Waals surface area contributed by atoms with Crippen LogP contribution in [-0.4, -0.2) is 69.4 Å². The van der Waals surface area contributed by atoms with Gasteiger partial charge in [-0.3, -0.25) is 4.79 Å². The highest BCUT2D eigenvalue weighted by Crippen LogP contribution is 2.19. The number of thiazole rings is 1. The van der Waals surface area contributed by atoms with Crippen molar-refractivity contribution in [2.75, 3.05) is 33.4 Å². The van der Waals surface area contributed by atoms with Gasteiger partial charge in [0.25, 0.3) is 0 Å². The van der Waals surface area contributed by atoms with E-state index in [0.29, 0.717) is 45.1 Å². The largest absolute Gasteiger partial charge is 0.383 e. The van der Waals surface area contributed by atoms with E-state index in [-0.39, 0.29) is 12.0 Å². The van der Waals surface area contributed by atoms with Gasteiger partial charge in [-0.15, -0.1) is 21.5 Å². The first-order chi connectivity index (χ1) is 11.7. The summed E-state index contributed by atoms with van der Waals surface area (Å²) in [5.74, 6) is 0.536. The predicted octanol–water partition coefficient (Wildman–Crippen LogP) is 0.227. The third kappa shape index (κ3) is 4.13. The van der Waals surface area contributed by atoms with E-state index in [1.807, 2.05) is 12.3 Å². The number of rotatable bonds is 6. The monoisotopic (exact) mass is 352 g/mol. The SMILES string of the molecule is COCCn1nnc([C@H]2CN(C(=O)Cc3csc(C)n3)CCO2)n1. The Hall–Kier alpha value is -1.91. The van der Waals surface area contributed by atoms with E-state index < -0.39 is 0 Å². The molecule has 130 valence electrons. The molecule has 0 radical (unpaired) electrons. The van der Waals surface area contributed by atoms with Gasteiger partial charge in [0.2, 0.25) is 11.7 Å². The number of amides is 1. The summed E-state index contributed by atoms with van der Waals surface area (Å²) in [5.41, 5.74) is 0.814. The summed E-state index contributed by atoms with van der Waals surface area (Å²) in [6, 6.07) is 0. The summed E-state index contributed by atoms with van der Waals surface area (Å²) in [7, 11) is 1.62. The molecule has 1 saturated heterocycles. The van der Waals surface area contributed by atoms with Gasteiger partial charge >= 0.3 is 0 Å². The number of carbonyl (C=O) groups is 1. The van der Waals surface area contributed by atoms with Crippen molar-refractivity contribution >= 4 is 17.2 Å². The highest BCUT2D eigenvalue weighted by atomic mass is 32.1. The number of hydrogen-bond donors (Lipinski definition) is 0. The maximum atomic E-state index is 12.5. The molecule has 0 N–H and O–H groups in total. The molecular formula is C14H20N6O3S. The smallest absolute Gasteiger partial charge is 0.228 e. The van der Waals surface area contributed by atoms with Crippen LogP contribution >= 0.6 is 11.3 Å². The van der Waals surface area contributed by atoms with Crippen LogP contribution in [0.2, 0.25) is 0 Å². The Morgan fingerprint density at radius 2 is 2.42 bits per heavy atom. The first kappa shape index (κ1) is 16.9. The van der Waals surface area contributed by atoms with Crippen LogP contribution in [-0.2, 0) is 27.2 Å². The first-order valence-electron chi connectivity index (χ1n) is 7.72. The van der Waals surface area contributed by atoms with E-state index in [1.165, 1.54) is 4.80 Å². The number of hydrogen-bond acceptors (Lipinski definition) is 8. The molecule has 3 rings (SSSR count). The molecule has 0 spiro atoms. The van der Waals surface area contributed by atoms with Crippen molar-refractivity contribution in [1.82, 2.24) is 30.1 Å². The second kappa shape index (κ2) is 7.77. The zero-order valence-electron chi connectivity index (χ0n) is 13.7. The predicted molar refractivity (Wildman–Crippen MR) is 85.5 cm³/mol. The van der Waals surface area contributed by atoms with Crippen LogP contribution in [0.25, 0.3) is 0 Å². The first-order valence-corrected chi connectivity index (χ1v) is 8.60. The number of nitrogens with zero attached hydrogens (tertiary/aromatic N) is 6. The molecule has 3 heterocycles. The number of methoxy groups -OCH3 is 1. The molecule has 0 bridgehead atoms. The van der Waals surface area contributed by atoms with Crippen LogP contribution in [0.4, 0.5) is 0 Å². The van der Waals surface area contributed by atoms with E-state index >= 15 is 0 Å². The van der Waals surface area contributed by atoms with Gasteiger partial charge in [0.05, 0.1) is 43.4 Å². The average Bonchev–Trinajstić information content (AvgIpc) is 3.22. The fraction of sp³-hybridized carbons (Fsp3) is 0.643. The second-order valence-electron chi connectivity index (χ2n) is 5.47. The summed E-state index contributed by atoms with van der Waals surface area (Å²) in [5, 5.41) is 15.2. The minimum atomic E-state index is -0.351. The Kier molecular flexibility index (Phi) is 5.48. The van der Waals surface area contributed by atoms with E-state index in [4.69, 9.17) is 9.47 Å². The third-order valence-corrected chi connectivity index (χ3v) is 4.49. The molecule has 1 aliphatic rings. The van der Waals surface area contributed by atoms with Crippen molar-refractivity contribution in [3.05, 3.63) is 21.9 Å². The second-order valence-corrected chi connectivity index (χ2v) is 6.53. The number of ether oxygens (including phenoxy) is 2. The Labute approximate surface area is 143 Å². The molecule has 24 heavy (non-hydrogen) atoms. The summed E-state index contributed by atoms with van der Waals surface area (Å²) >= 11 is 1.55. The van der Waals surface area contributed by atoms with Crippen LogP contribution in [0.15, 0.2) is 5.38 Å². The van der Waals surface area contributed by atoms with Gasteiger partial charge in [-0.25, -0.2) is 4.98 Å². The van der Waals surface area contributed by atoms with Crippen molar-refractivity contribution in [1.29, 1.82) is 0 Å². The van der Waals surface area contributed by atoms with Crippen LogP contribution in [0, 0.1) is 6.92 Å². The maximum absolute atomic E-state index is 12.5. The molecule has 1 amide bonds. The van der Waals surface area contributed by atoms with E-state index in [0.717, 1.165) is 10.7 Å². The van der Waals surface area contributed by atoms with E-state index in [1.54, 1.807) is 23.3 Å². The Bertz CT molecular complexity index is 688. The molecular weight excluding hydrogens is 332 g/mol. The van der Waals surface area contributed by atoms with Crippen LogP contribution in [0.1, 0.15) is 22.6 Å². The van der Waals surface area contributed by atoms with E-state index in [9.17, 15) is 4.79 Å². The molecule has 1 atom stereocenters. The molecule has 0 unspecified atom stereocenters. The lowest BCUT2D eigenvalue weighted by Gasteiger charge is -2.31. The lowest BCUT2D eigenvalue weighted by Crippen LogP contribution is -2.43. The van der Waals surface area contributed by atoms with Crippen LogP contribution in [0.3, 0.4) is 0 Å². The van der Waals surface area contributed by atoms with Crippen LogP contribution in [0.5, 0.6) is 0 Å². The van der Waals surface area contributed by atoms with Gasteiger partial charge in [0, 0.05) is 19.0 Å². The average molecular weight is 352 g/mol. The quantitative estimate of drug-likeness (QED) is 0.734. The molecule has 2 aromatic rings. The number of carbonyl (C=O) groups excluding carboxylic acids is 1. The number of aryl methyl sites for hydroxylation is 1. The highest BCUT2D eigenvalue weighted by Gasteiger charge is 2.28. The Morgan fingerprint density at radius 1 is 1.54 bits per heavy atom. The fourth-order valence-electron chi connectivity index (χ4n) is 2.44. The molecule has 10 heteroatoms. The number of aromatic nitrogens is 5. The highest BCUT2D eigenvalue weighted by molar-refractivity contribution is 7.09. The molecule has 1 fully saturated rings. The van der Waals surface area contributed by atoms with Crippen molar-refractivity contribution in [3.8, 4) is 0 Å². The lowest BCUT2D eigenvalue weighted by molar-refractivity contribution is -0.138.